The van der Waals surface area contributed by atoms with Crippen LogP contribution in [-0.4, -0.2) is 20.9 Å². The van der Waals surface area contributed by atoms with Crippen molar-refractivity contribution in [2.75, 3.05) is 0 Å². The molecule has 5 nitrogen and oxygen atoms in total. The van der Waals surface area contributed by atoms with Gasteiger partial charge in [0, 0.05) is 10.1 Å². The number of nitrogens with zero attached hydrogens (tertiary/aromatic N) is 2. The highest BCUT2D eigenvalue weighted by molar-refractivity contribution is 7.26. The lowest BCUT2D eigenvalue weighted by Crippen LogP contribution is -2.27. The fourth-order valence-corrected chi connectivity index (χ4v) is 3.58. The topological polar surface area (TPSA) is 72.2 Å². The number of aromatic nitrogens is 2. The predicted molar refractivity (Wildman–Crippen MR) is 83.1 cm³/mol. The van der Waals surface area contributed by atoms with Gasteiger partial charge in [-0.25, -0.2) is 4.68 Å². The Morgan fingerprint density at radius 3 is 2.86 bits per heavy atom. The molecule has 0 spiro atoms. The van der Waals surface area contributed by atoms with Crippen LogP contribution in [0, 0.1) is 6.92 Å². The van der Waals surface area contributed by atoms with Crippen molar-refractivity contribution >= 4 is 37.5 Å². The second-order valence-corrected chi connectivity index (χ2v) is 5.98. The van der Waals surface area contributed by atoms with Gasteiger partial charge in [-0.05, 0) is 31.0 Å². The third kappa shape index (κ3) is 2.21. The lowest BCUT2D eigenvalue weighted by Gasteiger charge is -2.03. The largest absolute Gasteiger partial charge is 0.480 e. The summed E-state index contributed by atoms with van der Waals surface area (Å²) in [4.78, 5) is 23.4. The van der Waals surface area contributed by atoms with E-state index in [4.69, 9.17) is 5.11 Å². The first kappa shape index (κ1) is 13.8. The van der Waals surface area contributed by atoms with E-state index in [1.54, 1.807) is 6.92 Å². The molecule has 2 aromatic heterocycles. The number of hydrogen-bond donors (Lipinski definition) is 1. The van der Waals surface area contributed by atoms with Crippen LogP contribution in [0.2, 0.25) is 0 Å². The molecule has 0 atom stereocenters. The van der Waals surface area contributed by atoms with Gasteiger partial charge in [-0.2, -0.15) is 5.10 Å². The smallest absolute Gasteiger partial charge is 0.325 e. The van der Waals surface area contributed by atoms with E-state index < -0.39 is 12.5 Å². The third-order valence-corrected chi connectivity index (χ3v) is 4.77. The number of aryl methyl sites for hydroxylation is 2. The summed E-state index contributed by atoms with van der Waals surface area (Å²) in [5, 5.41) is 14.5. The number of hydrogen-bond acceptors (Lipinski definition) is 4. The lowest BCUT2D eigenvalue weighted by atomic mass is 10.1. The first-order valence-corrected chi connectivity index (χ1v) is 7.47. The maximum absolute atomic E-state index is 12.5. The minimum absolute atomic E-state index is 0.336. The van der Waals surface area contributed by atoms with Crippen LogP contribution in [-0.2, 0) is 17.8 Å². The zero-order valence-electron chi connectivity index (χ0n) is 11.7. The molecule has 0 saturated heterocycles. The van der Waals surface area contributed by atoms with Crippen LogP contribution in [0.3, 0.4) is 0 Å². The van der Waals surface area contributed by atoms with Gasteiger partial charge in [-0.15, -0.1) is 11.3 Å². The van der Waals surface area contributed by atoms with Crippen LogP contribution in [0.15, 0.2) is 23.0 Å². The molecule has 0 aliphatic rings. The molecule has 3 rings (SSSR count). The Morgan fingerprint density at radius 1 is 1.43 bits per heavy atom. The molecule has 0 fully saturated rings. The summed E-state index contributed by atoms with van der Waals surface area (Å²) in [5.74, 6) is -1.07. The van der Waals surface area contributed by atoms with Crippen LogP contribution >= 0.6 is 11.3 Å². The lowest BCUT2D eigenvalue weighted by molar-refractivity contribution is -0.137. The highest BCUT2D eigenvalue weighted by atomic mass is 32.1. The maximum Gasteiger partial charge on any atom is 0.325 e. The number of aliphatic carboxylic acids is 1. The number of carboxylic acids is 1. The minimum Gasteiger partial charge on any atom is -0.480 e. The van der Waals surface area contributed by atoms with E-state index in [2.05, 4.69) is 18.1 Å². The molecule has 0 amide bonds. The fourth-order valence-electron chi connectivity index (χ4n) is 2.47. The average Bonchev–Trinajstić information content (AvgIpc) is 2.83. The van der Waals surface area contributed by atoms with Gasteiger partial charge < -0.3 is 5.11 Å². The van der Waals surface area contributed by atoms with Crippen molar-refractivity contribution in [2.24, 2.45) is 0 Å². The molecule has 108 valence electrons. The molecule has 1 N–H and O–H groups in total. The Hall–Kier alpha value is -2.21. The van der Waals surface area contributed by atoms with E-state index in [0.29, 0.717) is 11.1 Å². The molecule has 0 radical (unpaired) electrons. The van der Waals surface area contributed by atoms with Crippen molar-refractivity contribution in [1.29, 1.82) is 0 Å². The minimum atomic E-state index is -1.07. The molecule has 0 aliphatic carbocycles. The summed E-state index contributed by atoms with van der Waals surface area (Å²) in [6.45, 7) is 3.45. The summed E-state index contributed by atoms with van der Waals surface area (Å²) >= 11 is 1.53. The van der Waals surface area contributed by atoms with E-state index in [1.807, 2.05) is 12.1 Å². The second kappa shape index (κ2) is 4.96. The summed E-state index contributed by atoms with van der Waals surface area (Å²) in [6.07, 6.45) is 0.890. The highest BCUT2D eigenvalue weighted by Crippen LogP contribution is 2.33. The van der Waals surface area contributed by atoms with Gasteiger partial charge >= 0.3 is 5.97 Å². The standard InChI is InChI=1S/C15H14N2O3S/c1-3-9-4-5-11-10(6-9)13-14(21-11)8(2)16-17(15(13)20)7-12(18)19/h4-6H,3,7H2,1-2H3,(H,18,19). The van der Waals surface area contributed by atoms with E-state index >= 15 is 0 Å². The number of fused-ring (bicyclic) bond motifs is 3. The Balaban J connectivity index is 2.42. The van der Waals surface area contributed by atoms with Gasteiger partial charge in [0.1, 0.15) is 6.54 Å². The van der Waals surface area contributed by atoms with Gasteiger partial charge in [-0.1, -0.05) is 13.0 Å². The molecule has 1 aromatic carbocycles. The van der Waals surface area contributed by atoms with Crippen LogP contribution < -0.4 is 5.56 Å². The fraction of sp³-hybridized carbons (Fsp3) is 0.267. The Labute approximate surface area is 124 Å². The predicted octanol–water partition coefficient (Wildman–Crippen LogP) is 2.57. The Kier molecular flexibility index (Phi) is 3.25. The highest BCUT2D eigenvalue weighted by Gasteiger charge is 2.16. The summed E-state index contributed by atoms with van der Waals surface area (Å²) in [7, 11) is 0. The van der Waals surface area contributed by atoms with E-state index in [1.165, 1.54) is 11.3 Å². The van der Waals surface area contributed by atoms with Crippen LogP contribution in [0.1, 0.15) is 18.2 Å². The molecule has 0 saturated carbocycles. The molecule has 2 heterocycles. The van der Waals surface area contributed by atoms with E-state index in [0.717, 1.165) is 31.5 Å². The molecular weight excluding hydrogens is 288 g/mol. The van der Waals surface area contributed by atoms with Crippen molar-refractivity contribution in [2.45, 2.75) is 26.8 Å². The van der Waals surface area contributed by atoms with Gasteiger partial charge in [0.15, 0.2) is 0 Å². The van der Waals surface area contributed by atoms with Gasteiger partial charge in [0.2, 0.25) is 0 Å². The molecule has 0 unspecified atom stereocenters. The summed E-state index contributed by atoms with van der Waals surface area (Å²) in [5.41, 5.74) is 1.50. The second-order valence-electron chi connectivity index (χ2n) is 4.93. The van der Waals surface area contributed by atoms with Gasteiger partial charge in [0.25, 0.3) is 5.56 Å². The van der Waals surface area contributed by atoms with Gasteiger partial charge in [-0.3, -0.25) is 9.59 Å². The quantitative estimate of drug-likeness (QED) is 0.807. The Bertz CT molecular complexity index is 924. The molecule has 0 bridgehead atoms. The molecule has 21 heavy (non-hydrogen) atoms. The van der Waals surface area contributed by atoms with Crippen molar-refractivity contribution < 1.29 is 9.90 Å². The van der Waals surface area contributed by atoms with Crippen molar-refractivity contribution in [3.05, 3.63) is 39.8 Å². The number of carboxylic acid groups (broad SMARTS) is 1. The van der Waals surface area contributed by atoms with E-state index in [-0.39, 0.29) is 5.56 Å². The number of thiophene rings is 1. The van der Waals surface area contributed by atoms with Crippen molar-refractivity contribution in [3.8, 4) is 0 Å². The van der Waals surface area contributed by atoms with Crippen LogP contribution in [0.4, 0.5) is 0 Å². The number of benzene rings is 1. The zero-order valence-corrected chi connectivity index (χ0v) is 12.5. The molecule has 6 heteroatoms. The van der Waals surface area contributed by atoms with Crippen molar-refractivity contribution in [1.82, 2.24) is 9.78 Å². The van der Waals surface area contributed by atoms with Crippen molar-refractivity contribution in [3.63, 3.8) is 0 Å². The zero-order chi connectivity index (χ0) is 15.1. The van der Waals surface area contributed by atoms with Crippen LogP contribution in [0.5, 0.6) is 0 Å². The monoisotopic (exact) mass is 302 g/mol. The first-order valence-electron chi connectivity index (χ1n) is 6.66. The Morgan fingerprint density at radius 2 is 2.19 bits per heavy atom. The van der Waals surface area contributed by atoms with Gasteiger partial charge in [0.05, 0.1) is 15.8 Å². The molecular formula is C15H14N2O3S. The van der Waals surface area contributed by atoms with Crippen LogP contribution in [0.25, 0.3) is 20.2 Å². The number of rotatable bonds is 3. The number of carbonyl (C=O) groups is 1. The first-order chi connectivity index (χ1) is 10.0. The summed E-state index contributed by atoms with van der Waals surface area (Å²) in [6, 6.07) is 6.08. The average molecular weight is 302 g/mol. The normalized spacial score (nSPS) is 11.3. The molecule has 3 aromatic rings. The summed E-state index contributed by atoms with van der Waals surface area (Å²) < 4.78 is 2.90. The SMILES string of the molecule is CCc1ccc2sc3c(C)nn(CC(=O)O)c(=O)c3c2c1. The maximum atomic E-state index is 12.5. The molecule has 0 aliphatic heterocycles. The third-order valence-electron chi connectivity index (χ3n) is 3.49. The van der Waals surface area contributed by atoms with E-state index in [9.17, 15) is 9.59 Å².